The van der Waals surface area contributed by atoms with Crippen molar-refractivity contribution in [3.8, 4) is 17.2 Å². The Bertz CT molecular complexity index is 1540. The molecule has 2 saturated heterocycles. The van der Waals surface area contributed by atoms with Crippen LogP contribution in [0.25, 0.3) is 11.1 Å². The van der Waals surface area contributed by atoms with Gasteiger partial charge in [0, 0.05) is 39.1 Å². The highest BCUT2D eigenvalue weighted by atomic mass is 19.1. The van der Waals surface area contributed by atoms with Crippen molar-refractivity contribution in [2.45, 2.75) is 44.6 Å². The number of carbonyl (C=O) groups is 3. The van der Waals surface area contributed by atoms with Crippen LogP contribution in [-0.4, -0.2) is 73.2 Å². The zero-order chi connectivity index (χ0) is 32.3. The summed E-state index contributed by atoms with van der Waals surface area (Å²) < 4.78 is 25.1. The quantitative estimate of drug-likeness (QED) is 0.284. The second-order valence-electron chi connectivity index (χ2n) is 11.8. The van der Waals surface area contributed by atoms with Gasteiger partial charge in [-0.25, -0.2) is 9.18 Å². The maximum atomic E-state index is 14.0. The number of nitrogens with zero attached hydrogens (tertiary/aromatic N) is 3. The van der Waals surface area contributed by atoms with E-state index in [4.69, 9.17) is 14.7 Å². The zero-order valence-electron chi connectivity index (χ0n) is 25.8. The number of hydrogen-bond acceptors (Lipinski definition) is 7. The van der Waals surface area contributed by atoms with Gasteiger partial charge in [0.05, 0.1) is 30.3 Å². The number of rotatable bonds is 10. The molecule has 0 spiro atoms. The smallest absolute Gasteiger partial charge is 0.411 e. The number of nitriles is 1. The van der Waals surface area contributed by atoms with Crippen LogP contribution in [0.5, 0.6) is 0 Å². The van der Waals surface area contributed by atoms with Crippen molar-refractivity contribution in [2.75, 3.05) is 44.6 Å². The summed E-state index contributed by atoms with van der Waals surface area (Å²) in [4.78, 5) is 41.9. The average molecular weight is 627 g/mol. The average Bonchev–Trinajstić information content (AvgIpc) is 3.08. The van der Waals surface area contributed by atoms with Gasteiger partial charge >= 0.3 is 12.1 Å². The summed E-state index contributed by atoms with van der Waals surface area (Å²) in [5.74, 6) is -0.688. The number of anilines is 1. The summed E-state index contributed by atoms with van der Waals surface area (Å²) in [6.07, 6.45) is 2.72. The molecule has 0 atom stereocenters. The Labute approximate surface area is 268 Å². The van der Waals surface area contributed by atoms with Gasteiger partial charge in [-0.1, -0.05) is 54.6 Å². The highest BCUT2D eigenvalue weighted by Crippen LogP contribution is 2.25. The summed E-state index contributed by atoms with van der Waals surface area (Å²) in [7, 11) is 0. The van der Waals surface area contributed by atoms with Gasteiger partial charge in [0.15, 0.2) is 0 Å². The molecule has 3 aromatic carbocycles. The molecule has 10 heteroatoms. The highest BCUT2D eigenvalue weighted by Gasteiger charge is 2.26. The first-order chi connectivity index (χ1) is 22.4. The topological polar surface area (TPSA) is 112 Å². The van der Waals surface area contributed by atoms with Crippen LogP contribution in [0.2, 0.25) is 0 Å². The number of amides is 2. The standard InChI is InChI=1S/C36H39FN4O5/c37-32-22-27(24-38)10-11-33(32)39-36(44)45-25-26-12-20-41(21-13-26)34(42)16-19-40-17-14-30(15-18-40)46-35(43)23-29-8-4-5-9-31(29)28-6-2-1-3-7-28/h1-11,22,26,30H,12-21,23,25H2,(H,39,44). The minimum atomic E-state index is -0.756. The van der Waals surface area contributed by atoms with E-state index in [9.17, 15) is 18.8 Å². The lowest BCUT2D eigenvalue weighted by Gasteiger charge is -2.34. The van der Waals surface area contributed by atoms with Crippen LogP contribution in [0.3, 0.4) is 0 Å². The van der Waals surface area contributed by atoms with E-state index >= 15 is 0 Å². The van der Waals surface area contributed by atoms with E-state index in [1.54, 1.807) is 0 Å². The first-order valence-electron chi connectivity index (χ1n) is 15.8. The molecule has 5 rings (SSSR count). The van der Waals surface area contributed by atoms with E-state index in [2.05, 4.69) is 10.2 Å². The second kappa shape index (κ2) is 16.0. The molecule has 2 aliphatic rings. The molecule has 9 nitrogen and oxygen atoms in total. The normalized spacial score (nSPS) is 16.0. The zero-order valence-corrected chi connectivity index (χ0v) is 25.8. The SMILES string of the molecule is N#Cc1ccc(NC(=O)OCC2CCN(C(=O)CCN3CCC(OC(=O)Cc4ccccc4-c4ccccc4)CC3)CC2)c(F)c1. The second-order valence-corrected chi connectivity index (χ2v) is 11.8. The summed E-state index contributed by atoms with van der Waals surface area (Å²) in [5, 5.41) is 11.2. The maximum Gasteiger partial charge on any atom is 0.411 e. The van der Waals surface area contributed by atoms with Crippen molar-refractivity contribution in [1.29, 1.82) is 5.26 Å². The molecule has 46 heavy (non-hydrogen) atoms. The molecule has 0 unspecified atom stereocenters. The molecule has 1 N–H and O–H groups in total. The number of ether oxygens (including phenoxy) is 2. The number of esters is 1. The van der Waals surface area contributed by atoms with Crippen LogP contribution in [0.1, 0.15) is 43.2 Å². The largest absolute Gasteiger partial charge is 0.462 e. The third-order valence-corrected chi connectivity index (χ3v) is 8.66. The molecule has 2 amide bonds. The Kier molecular flexibility index (Phi) is 11.4. The number of piperidine rings is 2. The van der Waals surface area contributed by atoms with E-state index in [-0.39, 0.29) is 48.2 Å². The molecule has 0 aromatic heterocycles. The van der Waals surface area contributed by atoms with E-state index in [0.717, 1.165) is 61.5 Å². The predicted molar refractivity (Wildman–Crippen MR) is 171 cm³/mol. The Morgan fingerprint density at radius 2 is 1.63 bits per heavy atom. The van der Waals surface area contributed by atoms with Crippen LogP contribution in [-0.2, 0) is 25.5 Å². The van der Waals surface area contributed by atoms with Crippen molar-refractivity contribution in [2.24, 2.45) is 5.92 Å². The summed E-state index contributed by atoms with van der Waals surface area (Å²) in [6, 6.07) is 23.6. The number of hydrogen-bond donors (Lipinski definition) is 1. The molecule has 0 aliphatic carbocycles. The Hall–Kier alpha value is -4.75. The van der Waals surface area contributed by atoms with Gasteiger partial charge in [-0.05, 0) is 66.5 Å². The fourth-order valence-corrected chi connectivity index (χ4v) is 5.99. The van der Waals surface area contributed by atoms with Gasteiger partial charge in [-0.3, -0.25) is 14.9 Å². The molecule has 2 heterocycles. The predicted octanol–water partition coefficient (Wildman–Crippen LogP) is 5.79. The molecule has 0 bridgehead atoms. The molecule has 0 radical (unpaired) electrons. The van der Waals surface area contributed by atoms with Crippen molar-refractivity contribution < 1.29 is 28.2 Å². The number of halogens is 1. The number of likely N-dealkylation sites (tertiary alicyclic amines) is 2. The maximum absolute atomic E-state index is 14.0. The van der Waals surface area contributed by atoms with E-state index in [1.807, 2.05) is 65.6 Å². The van der Waals surface area contributed by atoms with Gasteiger partial charge in [0.2, 0.25) is 5.91 Å². The number of nitrogens with one attached hydrogen (secondary N) is 1. The highest BCUT2D eigenvalue weighted by molar-refractivity contribution is 5.85. The van der Waals surface area contributed by atoms with Gasteiger partial charge in [0.25, 0.3) is 0 Å². The van der Waals surface area contributed by atoms with E-state index in [1.165, 1.54) is 12.1 Å². The number of carbonyl (C=O) groups excluding carboxylic acids is 3. The van der Waals surface area contributed by atoms with Crippen LogP contribution in [0.15, 0.2) is 72.8 Å². The number of benzene rings is 3. The van der Waals surface area contributed by atoms with Crippen molar-refractivity contribution in [1.82, 2.24) is 9.80 Å². The summed E-state index contributed by atoms with van der Waals surface area (Å²) >= 11 is 0. The van der Waals surface area contributed by atoms with Crippen molar-refractivity contribution >= 4 is 23.7 Å². The van der Waals surface area contributed by atoms with Crippen molar-refractivity contribution in [3.05, 3.63) is 89.7 Å². The first-order valence-corrected chi connectivity index (χ1v) is 15.8. The van der Waals surface area contributed by atoms with Crippen LogP contribution in [0, 0.1) is 23.1 Å². The fourth-order valence-electron chi connectivity index (χ4n) is 5.99. The summed E-state index contributed by atoms with van der Waals surface area (Å²) in [5.41, 5.74) is 3.19. The molecule has 0 saturated carbocycles. The minimum absolute atomic E-state index is 0.0460. The fraction of sp³-hybridized carbons (Fsp3) is 0.389. The Morgan fingerprint density at radius 1 is 0.913 bits per heavy atom. The Balaban J connectivity index is 0.958. The van der Waals surface area contributed by atoms with Gasteiger partial charge in [0.1, 0.15) is 11.9 Å². The third-order valence-electron chi connectivity index (χ3n) is 8.66. The molecule has 2 aliphatic heterocycles. The van der Waals surface area contributed by atoms with Gasteiger partial charge < -0.3 is 19.3 Å². The molecular formula is C36H39FN4O5. The molecule has 3 aromatic rings. The van der Waals surface area contributed by atoms with E-state index in [0.29, 0.717) is 26.1 Å². The van der Waals surface area contributed by atoms with Gasteiger partial charge in [-0.15, -0.1) is 0 Å². The van der Waals surface area contributed by atoms with Crippen LogP contribution in [0.4, 0.5) is 14.9 Å². The molecule has 2 fully saturated rings. The van der Waals surface area contributed by atoms with Crippen molar-refractivity contribution in [3.63, 3.8) is 0 Å². The Morgan fingerprint density at radius 3 is 2.35 bits per heavy atom. The monoisotopic (exact) mass is 626 g/mol. The van der Waals surface area contributed by atoms with Crippen LogP contribution < -0.4 is 5.32 Å². The lowest BCUT2D eigenvalue weighted by atomic mass is 9.97. The molecule has 240 valence electrons. The lowest BCUT2D eigenvalue weighted by Crippen LogP contribution is -2.43. The third kappa shape index (κ3) is 9.14. The lowest BCUT2D eigenvalue weighted by molar-refractivity contribution is -0.150. The first kappa shape index (κ1) is 32.6. The van der Waals surface area contributed by atoms with Crippen LogP contribution >= 0.6 is 0 Å². The van der Waals surface area contributed by atoms with E-state index < -0.39 is 11.9 Å². The van der Waals surface area contributed by atoms with Gasteiger partial charge in [-0.2, -0.15) is 5.26 Å². The molecular weight excluding hydrogens is 587 g/mol. The summed E-state index contributed by atoms with van der Waals surface area (Å²) in [6.45, 7) is 3.61. The minimum Gasteiger partial charge on any atom is -0.462 e.